The number of amides is 1. The first-order chi connectivity index (χ1) is 19.5. The number of Topliss-reactive ketones (excluding diaryl/α,β-unsaturated/α-hetero) is 2. The third-order valence-electron chi connectivity index (χ3n) is 12.0. The van der Waals surface area contributed by atoms with Crippen molar-refractivity contribution in [2.45, 2.75) is 124 Å². The molecule has 1 amide bonds. The normalized spacial score (nSPS) is 37.9. The molecule has 242 valence electrons. The third kappa shape index (κ3) is 7.65. The van der Waals surface area contributed by atoms with Crippen LogP contribution in [0.4, 0.5) is 0 Å². The number of hydrogen-bond donors (Lipinski definition) is 3. The van der Waals surface area contributed by atoms with Crippen LogP contribution in [-0.4, -0.2) is 49.3 Å². The highest BCUT2D eigenvalue weighted by Gasteiger charge is 2.63. The van der Waals surface area contributed by atoms with Gasteiger partial charge >= 0.3 is 0 Å². The molecule has 4 rings (SSSR count). The predicted octanol–water partition coefficient (Wildman–Crippen LogP) is 5.21. The number of nitrogens with one attached hydrogen (secondary N) is 3. The molecule has 0 aromatic rings. The number of ketones is 2. The second kappa shape index (κ2) is 15.4. The van der Waals surface area contributed by atoms with Gasteiger partial charge in [-0.3, -0.25) is 24.1 Å². The van der Waals surface area contributed by atoms with E-state index in [1.54, 1.807) is 6.92 Å². The Bertz CT molecular complexity index is 935. The number of hydrogen-bond acceptors (Lipinski definition) is 7. The summed E-state index contributed by atoms with van der Waals surface area (Å²) in [5.41, 5.74) is 6.50. The summed E-state index contributed by atoms with van der Waals surface area (Å²) in [6.45, 7) is 14.1. The number of carbonyl (C=O) groups is 3. The molecule has 0 aliphatic heterocycles. The molecule has 5 unspecified atom stereocenters. The van der Waals surface area contributed by atoms with Gasteiger partial charge in [0.2, 0.25) is 5.91 Å². The summed E-state index contributed by atoms with van der Waals surface area (Å²) in [4.78, 5) is 48.2. The molecule has 42 heavy (non-hydrogen) atoms. The number of carbonyl (C=O) groups excluding carboxylic acids is 3. The average molecular weight is 610 g/mol. The van der Waals surface area contributed by atoms with Gasteiger partial charge in [0.1, 0.15) is 11.6 Å². The SMILES string of the molecule is CCNC(=O)CC[C@H](C)C1CCC2C3C(CC[C@@]21C)[C@@]1(C)CC[C@@H](ONCC(=O)CC)C[C@H]1C[C@H]3ONCC(C)=O.P. The third-order valence-corrected chi connectivity index (χ3v) is 12.0. The van der Waals surface area contributed by atoms with E-state index in [1.165, 1.54) is 25.7 Å². The number of rotatable bonds is 14. The maximum Gasteiger partial charge on any atom is 0.219 e. The summed E-state index contributed by atoms with van der Waals surface area (Å²) < 4.78 is 0. The summed E-state index contributed by atoms with van der Waals surface area (Å²) in [5.74, 6) is 3.68. The van der Waals surface area contributed by atoms with E-state index in [2.05, 4.69) is 37.0 Å². The molecular formula is C33H60N3O5P. The van der Waals surface area contributed by atoms with Gasteiger partial charge in [-0.15, -0.1) is 0 Å². The van der Waals surface area contributed by atoms with Gasteiger partial charge in [0, 0.05) is 19.4 Å². The van der Waals surface area contributed by atoms with Crippen molar-refractivity contribution in [2.75, 3.05) is 19.6 Å². The quantitative estimate of drug-likeness (QED) is 0.183. The second-order valence-corrected chi connectivity index (χ2v) is 14.3. The van der Waals surface area contributed by atoms with Crippen LogP contribution in [0.3, 0.4) is 0 Å². The van der Waals surface area contributed by atoms with Gasteiger partial charge in [-0.25, -0.2) is 0 Å². The Labute approximate surface area is 257 Å². The molecule has 8 nitrogen and oxygen atoms in total. The fourth-order valence-corrected chi connectivity index (χ4v) is 9.82. The minimum Gasteiger partial charge on any atom is -0.356 e. The van der Waals surface area contributed by atoms with Gasteiger partial charge in [0.05, 0.1) is 25.3 Å². The summed E-state index contributed by atoms with van der Waals surface area (Å²) in [7, 11) is 0. The predicted molar refractivity (Wildman–Crippen MR) is 171 cm³/mol. The topological polar surface area (TPSA) is 106 Å². The first-order valence-corrected chi connectivity index (χ1v) is 16.6. The van der Waals surface area contributed by atoms with Crippen molar-refractivity contribution in [1.82, 2.24) is 16.3 Å². The van der Waals surface area contributed by atoms with E-state index < -0.39 is 0 Å². The maximum atomic E-state index is 12.2. The highest BCUT2D eigenvalue weighted by atomic mass is 31.0. The van der Waals surface area contributed by atoms with Crippen LogP contribution >= 0.6 is 9.90 Å². The first kappa shape index (κ1) is 35.6. The Hall–Kier alpha value is -0.920. The van der Waals surface area contributed by atoms with E-state index in [0.717, 1.165) is 32.1 Å². The van der Waals surface area contributed by atoms with Crippen LogP contribution in [0.15, 0.2) is 0 Å². The van der Waals surface area contributed by atoms with Gasteiger partial charge in [0.15, 0.2) is 0 Å². The van der Waals surface area contributed by atoms with Gasteiger partial charge < -0.3 is 5.32 Å². The molecule has 0 aromatic heterocycles. The van der Waals surface area contributed by atoms with Crippen LogP contribution in [0, 0.1) is 46.3 Å². The monoisotopic (exact) mass is 609 g/mol. The van der Waals surface area contributed by atoms with E-state index >= 15 is 0 Å². The summed E-state index contributed by atoms with van der Waals surface area (Å²) >= 11 is 0. The van der Waals surface area contributed by atoms with Gasteiger partial charge in [-0.05, 0) is 118 Å². The molecule has 0 radical (unpaired) electrons. The van der Waals surface area contributed by atoms with Crippen molar-refractivity contribution in [3.8, 4) is 0 Å². The Morgan fingerprint density at radius 2 is 1.60 bits per heavy atom. The summed E-state index contributed by atoms with van der Waals surface area (Å²) in [6.07, 6.45) is 11.3. The van der Waals surface area contributed by atoms with E-state index in [0.29, 0.717) is 54.9 Å². The zero-order valence-corrected chi connectivity index (χ0v) is 28.7. The lowest BCUT2D eigenvalue weighted by molar-refractivity contribution is -0.210. The largest absolute Gasteiger partial charge is 0.356 e. The number of hydroxylamine groups is 2. The molecule has 4 aliphatic rings. The Morgan fingerprint density at radius 3 is 2.29 bits per heavy atom. The number of fused-ring (bicyclic) bond motifs is 5. The smallest absolute Gasteiger partial charge is 0.219 e. The van der Waals surface area contributed by atoms with E-state index in [4.69, 9.17) is 9.68 Å². The molecule has 0 bridgehead atoms. The summed E-state index contributed by atoms with van der Waals surface area (Å²) in [5, 5.41) is 2.97. The molecule has 11 atom stereocenters. The zero-order valence-electron chi connectivity index (χ0n) is 27.3. The summed E-state index contributed by atoms with van der Waals surface area (Å²) in [6, 6.07) is 0. The molecule has 4 aliphatic carbocycles. The average Bonchev–Trinajstić information content (AvgIpc) is 3.29. The first-order valence-electron chi connectivity index (χ1n) is 16.6. The van der Waals surface area contributed by atoms with Crippen LogP contribution in [0.2, 0.25) is 0 Å². The lowest BCUT2D eigenvalue weighted by Gasteiger charge is -2.63. The lowest BCUT2D eigenvalue weighted by Crippen LogP contribution is -2.60. The van der Waals surface area contributed by atoms with Crippen molar-refractivity contribution < 1.29 is 24.1 Å². The van der Waals surface area contributed by atoms with Crippen molar-refractivity contribution in [3.05, 3.63) is 0 Å². The van der Waals surface area contributed by atoms with Crippen LogP contribution < -0.4 is 16.3 Å². The minimum absolute atomic E-state index is 0. The van der Waals surface area contributed by atoms with Crippen molar-refractivity contribution in [3.63, 3.8) is 0 Å². The molecule has 0 heterocycles. The Kier molecular flexibility index (Phi) is 13.0. The van der Waals surface area contributed by atoms with Gasteiger partial charge in [-0.2, -0.15) is 20.9 Å². The Balaban J connectivity index is 0.00000484. The fraction of sp³-hybridized carbons (Fsp3) is 0.909. The highest BCUT2D eigenvalue weighted by Crippen LogP contribution is 2.68. The Morgan fingerprint density at radius 1 is 0.905 bits per heavy atom. The standard InChI is InChI=1S/C33H57N3O5.H3P/c1-7-24(38)20-36-40-25-13-15-32(5)23(17-25)18-29(41-35-19-22(4)37)31-27-11-10-26(33(27,6)16-14-28(31)32)21(3)9-12-30(39)34-8-2;/h21,23,25-29,31,35-36H,7-20H2,1-6H3,(H,34,39);1H3/t21-,23-,25+,26?,27?,28?,29+,31?,32-,33+;/m0./s1. The van der Waals surface area contributed by atoms with Crippen molar-refractivity contribution in [2.24, 2.45) is 46.3 Å². The molecule has 4 saturated carbocycles. The van der Waals surface area contributed by atoms with E-state index in [-0.39, 0.29) is 63.5 Å². The lowest BCUT2D eigenvalue weighted by atomic mass is 9.43. The molecule has 0 saturated heterocycles. The van der Waals surface area contributed by atoms with Gasteiger partial charge in [0.25, 0.3) is 0 Å². The molecule has 9 heteroatoms. The van der Waals surface area contributed by atoms with Crippen LogP contribution in [-0.2, 0) is 24.1 Å². The van der Waals surface area contributed by atoms with Crippen molar-refractivity contribution >= 4 is 27.4 Å². The van der Waals surface area contributed by atoms with E-state index in [1.807, 2.05) is 13.8 Å². The molecule has 4 fully saturated rings. The van der Waals surface area contributed by atoms with Crippen LogP contribution in [0.25, 0.3) is 0 Å². The van der Waals surface area contributed by atoms with Gasteiger partial charge in [-0.1, -0.05) is 27.7 Å². The van der Waals surface area contributed by atoms with Crippen molar-refractivity contribution in [1.29, 1.82) is 0 Å². The molecule has 3 N–H and O–H groups in total. The minimum atomic E-state index is 0. The van der Waals surface area contributed by atoms with E-state index in [9.17, 15) is 14.4 Å². The zero-order chi connectivity index (χ0) is 29.8. The molecule has 0 aromatic carbocycles. The highest BCUT2D eigenvalue weighted by molar-refractivity contribution is 6.92. The van der Waals surface area contributed by atoms with Crippen LogP contribution in [0.5, 0.6) is 0 Å². The second-order valence-electron chi connectivity index (χ2n) is 14.3. The molecular weight excluding hydrogens is 549 g/mol. The fourth-order valence-electron chi connectivity index (χ4n) is 9.82. The maximum absolute atomic E-state index is 12.2. The molecule has 0 spiro atoms. The van der Waals surface area contributed by atoms with Crippen LogP contribution in [0.1, 0.15) is 112 Å².